The molecule has 0 unspecified atom stereocenters. The van der Waals surface area contributed by atoms with Gasteiger partial charge in [0.25, 0.3) is 0 Å². The Labute approximate surface area is 119 Å². The lowest BCUT2D eigenvalue weighted by Gasteiger charge is -2.31. The molecule has 0 bridgehead atoms. The van der Waals surface area contributed by atoms with Gasteiger partial charge in [0.1, 0.15) is 0 Å². The Morgan fingerprint density at radius 3 is 2.50 bits per heavy atom. The first-order chi connectivity index (χ1) is 9.56. The van der Waals surface area contributed by atoms with E-state index in [9.17, 15) is 4.79 Å². The molecule has 0 aromatic heterocycles. The van der Waals surface area contributed by atoms with Crippen LogP contribution in [0.25, 0.3) is 0 Å². The van der Waals surface area contributed by atoms with Crippen molar-refractivity contribution in [3.8, 4) is 11.5 Å². The lowest BCUT2D eigenvalue weighted by Crippen LogP contribution is -2.40. The zero-order chi connectivity index (χ0) is 14.7. The van der Waals surface area contributed by atoms with E-state index in [1.54, 1.807) is 14.2 Å². The average molecular weight is 278 g/mol. The van der Waals surface area contributed by atoms with Crippen LogP contribution in [0.15, 0.2) is 12.1 Å². The highest BCUT2D eigenvalue weighted by atomic mass is 16.5. The van der Waals surface area contributed by atoms with Crippen molar-refractivity contribution in [1.82, 2.24) is 0 Å². The molecule has 5 nitrogen and oxygen atoms in total. The summed E-state index contributed by atoms with van der Waals surface area (Å²) in [6, 6.07) is 3.74. The number of hydrogen-bond donors (Lipinski definition) is 1. The highest BCUT2D eigenvalue weighted by Gasteiger charge is 2.25. The molecule has 0 saturated carbocycles. The quantitative estimate of drug-likeness (QED) is 0.899. The number of amides is 1. The Morgan fingerprint density at radius 2 is 1.90 bits per heavy atom. The van der Waals surface area contributed by atoms with Crippen LogP contribution in [0.3, 0.4) is 0 Å². The van der Waals surface area contributed by atoms with Crippen LogP contribution < -0.4 is 19.7 Å². The third-order valence-electron chi connectivity index (χ3n) is 3.45. The van der Waals surface area contributed by atoms with Crippen molar-refractivity contribution < 1.29 is 14.3 Å². The number of anilines is 2. The normalized spacial score (nSPS) is 14.1. The van der Waals surface area contributed by atoms with Crippen LogP contribution in [-0.2, 0) is 4.79 Å². The van der Waals surface area contributed by atoms with E-state index in [-0.39, 0.29) is 5.91 Å². The number of carbonyl (C=O) groups excluding carboxylic acids is 1. The summed E-state index contributed by atoms with van der Waals surface area (Å²) in [4.78, 5) is 13.9. The molecule has 1 aliphatic rings. The van der Waals surface area contributed by atoms with Crippen molar-refractivity contribution in [2.24, 2.45) is 5.92 Å². The predicted octanol–water partition coefficient (Wildman–Crippen LogP) is 2.51. The molecule has 0 radical (unpaired) electrons. The number of benzene rings is 1. The van der Waals surface area contributed by atoms with Gasteiger partial charge in [-0.25, -0.2) is 0 Å². The summed E-state index contributed by atoms with van der Waals surface area (Å²) < 4.78 is 10.6. The first-order valence-electron chi connectivity index (χ1n) is 6.87. The van der Waals surface area contributed by atoms with Gasteiger partial charge in [0.2, 0.25) is 5.91 Å². The molecule has 1 heterocycles. The zero-order valence-electron chi connectivity index (χ0n) is 12.5. The minimum absolute atomic E-state index is 0.0883. The van der Waals surface area contributed by atoms with E-state index in [1.807, 2.05) is 17.0 Å². The number of hydrogen-bond acceptors (Lipinski definition) is 4. The van der Waals surface area contributed by atoms with Gasteiger partial charge in [0, 0.05) is 18.7 Å². The summed E-state index contributed by atoms with van der Waals surface area (Å²) in [5, 5.41) is 3.13. The zero-order valence-corrected chi connectivity index (χ0v) is 12.5. The van der Waals surface area contributed by atoms with Gasteiger partial charge in [0.05, 0.1) is 32.1 Å². The second kappa shape index (κ2) is 6.03. The van der Waals surface area contributed by atoms with E-state index >= 15 is 0 Å². The molecule has 1 amide bonds. The Hall–Kier alpha value is -1.91. The topological polar surface area (TPSA) is 50.8 Å². The largest absolute Gasteiger partial charge is 0.493 e. The molecular formula is C15H22N2O3. The van der Waals surface area contributed by atoms with Crippen molar-refractivity contribution in [2.45, 2.75) is 20.3 Å². The number of nitrogens with one attached hydrogen (secondary N) is 1. The van der Waals surface area contributed by atoms with E-state index in [0.29, 0.717) is 24.0 Å². The molecule has 0 saturated heterocycles. The maximum atomic E-state index is 12.1. The summed E-state index contributed by atoms with van der Waals surface area (Å²) in [5.41, 5.74) is 1.77. The third-order valence-corrected chi connectivity index (χ3v) is 3.45. The fraction of sp³-hybridized carbons (Fsp3) is 0.533. The van der Waals surface area contributed by atoms with Gasteiger partial charge >= 0.3 is 0 Å². The molecule has 2 rings (SSSR count). The monoisotopic (exact) mass is 278 g/mol. The van der Waals surface area contributed by atoms with Gasteiger partial charge in [-0.2, -0.15) is 0 Å². The summed E-state index contributed by atoms with van der Waals surface area (Å²) >= 11 is 0. The van der Waals surface area contributed by atoms with Crippen LogP contribution in [0.2, 0.25) is 0 Å². The van der Waals surface area contributed by atoms with Crippen LogP contribution in [0.5, 0.6) is 11.5 Å². The molecule has 1 N–H and O–H groups in total. The summed E-state index contributed by atoms with van der Waals surface area (Å²) in [6.45, 7) is 5.35. The Kier molecular flexibility index (Phi) is 4.37. The average Bonchev–Trinajstić information content (AvgIpc) is 2.44. The van der Waals surface area contributed by atoms with E-state index in [2.05, 4.69) is 19.2 Å². The van der Waals surface area contributed by atoms with E-state index in [0.717, 1.165) is 24.3 Å². The molecule has 1 aliphatic heterocycles. The molecule has 0 aliphatic carbocycles. The lowest BCUT2D eigenvalue weighted by atomic mass is 10.1. The van der Waals surface area contributed by atoms with Gasteiger partial charge in [-0.05, 0) is 12.3 Å². The Balaban J connectivity index is 2.36. The van der Waals surface area contributed by atoms with Crippen molar-refractivity contribution in [2.75, 3.05) is 37.5 Å². The van der Waals surface area contributed by atoms with Gasteiger partial charge in [0.15, 0.2) is 11.5 Å². The molecule has 1 aromatic rings. The van der Waals surface area contributed by atoms with E-state index in [4.69, 9.17) is 9.47 Å². The minimum atomic E-state index is 0.0883. The minimum Gasteiger partial charge on any atom is -0.493 e. The van der Waals surface area contributed by atoms with Crippen LogP contribution in [0.1, 0.15) is 20.3 Å². The van der Waals surface area contributed by atoms with E-state index < -0.39 is 0 Å². The van der Waals surface area contributed by atoms with Crippen LogP contribution >= 0.6 is 0 Å². The van der Waals surface area contributed by atoms with Crippen molar-refractivity contribution in [1.29, 1.82) is 0 Å². The number of carbonyl (C=O) groups is 1. The molecule has 5 heteroatoms. The summed E-state index contributed by atoms with van der Waals surface area (Å²) in [5.74, 6) is 1.95. The predicted molar refractivity (Wildman–Crippen MR) is 79.8 cm³/mol. The molecular weight excluding hydrogens is 256 g/mol. The maximum absolute atomic E-state index is 12.1. The Morgan fingerprint density at radius 1 is 1.25 bits per heavy atom. The number of nitrogens with zero attached hydrogens (tertiary/aromatic N) is 1. The fourth-order valence-electron chi connectivity index (χ4n) is 2.27. The SMILES string of the molecule is COc1cc2c(cc1OC)N(CCC(C)C)C(=O)CN2. The number of fused-ring (bicyclic) bond motifs is 1. The highest BCUT2D eigenvalue weighted by Crippen LogP contribution is 2.40. The molecule has 1 aromatic carbocycles. The number of methoxy groups -OCH3 is 2. The van der Waals surface area contributed by atoms with Crippen LogP contribution in [-0.4, -0.2) is 33.2 Å². The summed E-state index contributed by atoms with van der Waals surface area (Å²) in [7, 11) is 3.20. The Bertz CT molecular complexity index is 500. The van der Waals surface area contributed by atoms with Crippen LogP contribution in [0.4, 0.5) is 11.4 Å². The van der Waals surface area contributed by atoms with Crippen LogP contribution in [0, 0.1) is 5.92 Å². The van der Waals surface area contributed by atoms with Gasteiger partial charge in [-0.3, -0.25) is 4.79 Å². The number of ether oxygens (including phenoxy) is 2. The fourth-order valence-corrected chi connectivity index (χ4v) is 2.27. The molecule has 20 heavy (non-hydrogen) atoms. The van der Waals surface area contributed by atoms with Gasteiger partial charge < -0.3 is 19.7 Å². The smallest absolute Gasteiger partial charge is 0.246 e. The second-order valence-electron chi connectivity index (χ2n) is 5.31. The first kappa shape index (κ1) is 14.5. The summed E-state index contributed by atoms with van der Waals surface area (Å²) in [6.07, 6.45) is 0.972. The van der Waals surface area contributed by atoms with Gasteiger partial charge in [-0.1, -0.05) is 13.8 Å². The highest BCUT2D eigenvalue weighted by molar-refractivity contribution is 6.03. The standard InChI is InChI=1S/C15H22N2O3/c1-10(2)5-6-17-12-8-14(20-4)13(19-3)7-11(12)16-9-15(17)18/h7-8,10,16H,5-6,9H2,1-4H3. The van der Waals surface area contributed by atoms with E-state index in [1.165, 1.54) is 0 Å². The van der Waals surface area contributed by atoms with Crippen molar-refractivity contribution in [3.05, 3.63) is 12.1 Å². The lowest BCUT2D eigenvalue weighted by molar-refractivity contribution is -0.117. The van der Waals surface area contributed by atoms with Crippen molar-refractivity contribution in [3.63, 3.8) is 0 Å². The van der Waals surface area contributed by atoms with Crippen molar-refractivity contribution >= 4 is 17.3 Å². The molecule has 0 spiro atoms. The third kappa shape index (κ3) is 2.81. The second-order valence-corrected chi connectivity index (χ2v) is 5.31. The van der Waals surface area contributed by atoms with Gasteiger partial charge in [-0.15, -0.1) is 0 Å². The molecule has 110 valence electrons. The molecule has 0 fully saturated rings. The number of rotatable bonds is 5. The maximum Gasteiger partial charge on any atom is 0.246 e. The molecule has 0 atom stereocenters. The first-order valence-corrected chi connectivity index (χ1v) is 6.87.